The van der Waals surface area contributed by atoms with E-state index in [2.05, 4.69) is 9.71 Å². The zero-order chi connectivity index (χ0) is 10.8. The zero-order valence-electron chi connectivity index (χ0n) is 8.49. The molecule has 0 aliphatic heterocycles. The van der Waals surface area contributed by atoms with Crippen molar-refractivity contribution < 1.29 is 12.8 Å². The van der Waals surface area contributed by atoms with Crippen LogP contribution in [0.3, 0.4) is 0 Å². The summed E-state index contributed by atoms with van der Waals surface area (Å²) in [5.74, 6) is 1.34. The average Bonchev–Trinajstić information content (AvgIpc) is 2.27. The van der Waals surface area contributed by atoms with Gasteiger partial charge in [-0.1, -0.05) is 0 Å². The summed E-state index contributed by atoms with van der Waals surface area (Å²) in [6.45, 7) is 3.95. The zero-order valence-corrected chi connectivity index (χ0v) is 9.31. The quantitative estimate of drug-likeness (QED) is 0.793. The maximum Gasteiger partial charge on any atom is 0.208 e. The number of nitrogens with zero attached hydrogens (tertiary/aromatic N) is 1. The maximum absolute atomic E-state index is 10.8. The van der Waals surface area contributed by atoms with Crippen molar-refractivity contribution in [2.75, 3.05) is 12.8 Å². The van der Waals surface area contributed by atoms with Crippen LogP contribution < -0.4 is 4.72 Å². The first-order valence-electron chi connectivity index (χ1n) is 4.26. The van der Waals surface area contributed by atoms with Gasteiger partial charge in [0.25, 0.3) is 0 Å². The summed E-state index contributed by atoms with van der Waals surface area (Å²) < 4.78 is 29.2. The fraction of sp³-hybridized carbons (Fsp3) is 0.625. The Bertz CT molecular complexity index is 408. The van der Waals surface area contributed by atoms with E-state index in [0.29, 0.717) is 18.9 Å². The van der Waals surface area contributed by atoms with Crippen LogP contribution in [0, 0.1) is 13.8 Å². The van der Waals surface area contributed by atoms with Gasteiger partial charge in [-0.3, -0.25) is 0 Å². The molecule has 14 heavy (non-hydrogen) atoms. The third-order valence-corrected chi connectivity index (χ3v) is 2.44. The molecule has 6 heteroatoms. The number of rotatable bonds is 4. The number of hydrogen-bond donors (Lipinski definition) is 1. The molecule has 0 aliphatic carbocycles. The number of oxazole rings is 1. The van der Waals surface area contributed by atoms with Gasteiger partial charge in [0, 0.05) is 19.9 Å². The SMILES string of the molecule is Cc1nc(C)c(CCNS(C)(=O)=O)o1. The van der Waals surface area contributed by atoms with Crippen molar-refractivity contribution in [3.63, 3.8) is 0 Å². The Labute approximate surface area is 83.6 Å². The van der Waals surface area contributed by atoms with Crippen molar-refractivity contribution in [1.82, 2.24) is 9.71 Å². The van der Waals surface area contributed by atoms with Crippen molar-refractivity contribution >= 4 is 10.0 Å². The lowest BCUT2D eigenvalue weighted by Gasteiger charge is -1.99. The molecular weight excluding hydrogens is 204 g/mol. The van der Waals surface area contributed by atoms with Gasteiger partial charge < -0.3 is 4.42 Å². The van der Waals surface area contributed by atoms with Crippen molar-refractivity contribution in [1.29, 1.82) is 0 Å². The predicted molar refractivity (Wildman–Crippen MR) is 52.5 cm³/mol. The first-order chi connectivity index (χ1) is 6.38. The number of nitrogens with one attached hydrogen (secondary N) is 1. The standard InChI is InChI=1S/C8H14N2O3S/c1-6-8(13-7(2)10-6)4-5-9-14(3,11)12/h9H,4-5H2,1-3H3. The van der Waals surface area contributed by atoms with Gasteiger partial charge in [-0.2, -0.15) is 0 Å². The predicted octanol–water partition coefficient (Wildman–Crippen LogP) is 0.383. The molecule has 0 bridgehead atoms. The fourth-order valence-corrected chi connectivity index (χ4v) is 1.63. The second-order valence-corrected chi connectivity index (χ2v) is 4.99. The molecule has 0 saturated heterocycles. The van der Waals surface area contributed by atoms with Gasteiger partial charge in [0.2, 0.25) is 10.0 Å². The van der Waals surface area contributed by atoms with Crippen LogP contribution in [0.5, 0.6) is 0 Å². The molecule has 1 N–H and O–H groups in total. The van der Waals surface area contributed by atoms with Crippen molar-refractivity contribution in [3.8, 4) is 0 Å². The highest BCUT2D eigenvalue weighted by Gasteiger charge is 2.07. The molecular formula is C8H14N2O3S. The molecule has 0 fully saturated rings. The van der Waals surface area contributed by atoms with Crippen molar-refractivity contribution in [3.05, 3.63) is 17.3 Å². The van der Waals surface area contributed by atoms with E-state index < -0.39 is 10.0 Å². The summed E-state index contributed by atoms with van der Waals surface area (Å²) >= 11 is 0. The highest BCUT2D eigenvalue weighted by atomic mass is 32.2. The van der Waals surface area contributed by atoms with E-state index in [4.69, 9.17) is 4.42 Å². The van der Waals surface area contributed by atoms with E-state index in [1.54, 1.807) is 6.92 Å². The van der Waals surface area contributed by atoms with Gasteiger partial charge in [0.15, 0.2) is 5.89 Å². The number of sulfonamides is 1. The highest BCUT2D eigenvalue weighted by Crippen LogP contribution is 2.09. The topological polar surface area (TPSA) is 72.2 Å². The minimum absolute atomic E-state index is 0.342. The Morgan fingerprint density at radius 3 is 2.50 bits per heavy atom. The maximum atomic E-state index is 10.8. The minimum atomic E-state index is -3.11. The van der Waals surface area contributed by atoms with Crippen molar-refractivity contribution in [2.24, 2.45) is 0 Å². The third kappa shape index (κ3) is 3.47. The highest BCUT2D eigenvalue weighted by molar-refractivity contribution is 7.88. The van der Waals surface area contributed by atoms with Crippen LogP contribution in [-0.2, 0) is 16.4 Å². The molecule has 5 nitrogen and oxygen atoms in total. The fourth-order valence-electron chi connectivity index (χ4n) is 1.16. The van der Waals surface area contributed by atoms with Crippen LogP contribution in [0.1, 0.15) is 17.3 Å². The van der Waals surface area contributed by atoms with E-state index in [0.717, 1.165) is 17.7 Å². The molecule has 0 amide bonds. The molecule has 0 unspecified atom stereocenters. The van der Waals surface area contributed by atoms with Crippen LogP contribution in [0.2, 0.25) is 0 Å². The van der Waals surface area contributed by atoms with Crippen LogP contribution in [-0.4, -0.2) is 26.2 Å². The lowest BCUT2D eigenvalue weighted by Crippen LogP contribution is -2.24. The van der Waals surface area contributed by atoms with Gasteiger partial charge in [0.05, 0.1) is 11.9 Å². The molecule has 0 spiro atoms. The third-order valence-electron chi connectivity index (χ3n) is 1.72. The van der Waals surface area contributed by atoms with Crippen LogP contribution in [0.15, 0.2) is 4.42 Å². The Balaban J connectivity index is 2.50. The van der Waals surface area contributed by atoms with Gasteiger partial charge in [-0.05, 0) is 6.92 Å². The van der Waals surface area contributed by atoms with Gasteiger partial charge in [-0.15, -0.1) is 0 Å². The van der Waals surface area contributed by atoms with E-state index in [1.807, 2.05) is 6.92 Å². The molecule has 1 aromatic heterocycles. The first-order valence-corrected chi connectivity index (χ1v) is 6.15. The van der Waals surface area contributed by atoms with Crippen LogP contribution in [0.25, 0.3) is 0 Å². The Kier molecular flexibility index (Phi) is 3.28. The Hall–Kier alpha value is -0.880. The summed E-state index contributed by atoms with van der Waals surface area (Å²) in [4.78, 5) is 4.08. The molecule has 1 aromatic rings. The lowest BCUT2D eigenvalue weighted by molar-refractivity contribution is 0.472. The lowest BCUT2D eigenvalue weighted by atomic mass is 10.3. The summed E-state index contributed by atoms with van der Waals surface area (Å²) in [5.41, 5.74) is 0.817. The van der Waals surface area contributed by atoms with Crippen molar-refractivity contribution in [2.45, 2.75) is 20.3 Å². The summed E-state index contributed by atoms with van der Waals surface area (Å²) in [6, 6.07) is 0. The summed E-state index contributed by atoms with van der Waals surface area (Å²) in [6.07, 6.45) is 1.66. The largest absolute Gasteiger partial charge is 0.446 e. The van der Waals surface area contributed by atoms with E-state index in [1.165, 1.54) is 0 Å². The van der Waals surface area contributed by atoms with Gasteiger partial charge in [-0.25, -0.2) is 18.1 Å². The first kappa shape index (κ1) is 11.2. The van der Waals surface area contributed by atoms with Crippen LogP contribution in [0.4, 0.5) is 0 Å². The molecule has 0 atom stereocenters. The molecule has 0 radical (unpaired) electrons. The molecule has 80 valence electrons. The Morgan fingerprint density at radius 2 is 2.07 bits per heavy atom. The smallest absolute Gasteiger partial charge is 0.208 e. The number of aryl methyl sites for hydroxylation is 2. The molecule has 1 rings (SSSR count). The molecule has 1 heterocycles. The average molecular weight is 218 g/mol. The monoisotopic (exact) mass is 218 g/mol. The van der Waals surface area contributed by atoms with Gasteiger partial charge in [0.1, 0.15) is 5.76 Å². The second-order valence-electron chi connectivity index (χ2n) is 3.16. The Morgan fingerprint density at radius 1 is 1.43 bits per heavy atom. The molecule has 0 saturated carbocycles. The molecule has 0 aromatic carbocycles. The minimum Gasteiger partial charge on any atom is -0.446 e. The van der Waals surface area contributed by atoms with E-state index in [9.17, 15) is 8.42 Å². The summed E-state index contributed by atoms with van der Waals surface area (Å²) in [7, 11) is -3.11. The normalized spacial score (nSPS) is 11.9. The number of hydrogen-bond acceptors (Lipinski definition) is 4. The summed E-state index contributed by atoms with van der Waals surface area (Å²) in [5, 5.41) is 0. The van der Waals surface area contributed by atoms with E-state index >= 15 is 0 Å². The molecule has 0 aliphatic rings. The van der Waals surface area contributed by atoms with E-state index in [-0.39, 0.29) is 0 Å². The van der Waals surface area contributed by atoms with Gasteiger partial charge >= 0.3 is 0 Å². The number of aromatic nitrogens is 1. The van der Waals surface area contributed by atoms with Crippen LogP contribution >= 0.6 is 0 Å². The second kappa shape index (κ2) is 4.10.